The number of halogens is 1. The minimum absolute atomic E-state index is 0.0233. The van der Waals surface area contributed by atoms with Crippen molar-refractivity contribution in [1.82, 2.24) is 5.01 Å². The molecule has 0 fully saturated rings. The first-order valence-electron chi connectivity index (χ1n) is 6.21. The van der Waals surface area contributed by atoms with Crippen molar-refractivity contribution in [3.63, 3.8) is 0 Å². The van der Waals surface area contributed by atoms with E-state index in [1.165, 1.54) is 6.08 Å². The molecule has 7 nitrogen and oxygen atoms in total. The van der Waals surface area contributed by atoms with Gasteiger partial charge in [0.05, 0.1) is 5.57 Å². The molecular formula is C13H9ClN4O3S2. The number of sulfone groups is 1. The molecule has 1 aromatic carbocycles. The second kappa shape index (κ2) is 5.59. The molecule has 1 amide bonds. The fourth-order valence-corrected chi connectivity index (χ4v) is 3.66. The van der Waals surface area contributed by atoms with Crippen LogP contribution in [0.25, 0.3) is 6.08 Å². The van der Waals surface area contributed by atoms with Gasteiger partial charge in [0.15, 0.2) is 5.84 Å². The summed E-state index contributed by atoms with van der Waals surface area (Å²) < 4.78 is 22.9. The molecule has 0 unspecified atom stereocenters. The quantitative estimate of drug-likeness (QED) is 0.763. The number of amidine groups is 2. The summed E-state index contributed by atoms with van der Waals surface area (Å²) in [6.45, 7) is 0. The van der Waals surface area contributed by atoms with Crippen LogP contribution in [0.1, 0.15) is 5.56 Å². The lowest BCUT2D eigenvalue weighted by Gasteiger charge is -2.20. The topological polar surface area (TPSA) is 103 Å². The molecule has 3 rings (SSSR count). The summed E-state index contributed by atoms with van der Waals surface area (Å²) in [7, 11) is -3.53. The number of benzene rings is 1. The summed E-state index contributed by atoms with van der Waals surface area (Å²) in [6.07, 6.45) is 2.49. The number of carbonyl (C=O) groups is 1. The first-order chi connectivity index (χ1) is 10.8. The molecule has 0 bridgehead atoms. The van der Waals surface area contributed by atoms with Gasteiger partial charge in [-0.15, -0.1) is 5.10 Å². The van der Waals surface area contributed by atoms with Gasteiger partial charge in [0.2, 0.25) is 19.4 Å². The predicted octanol–water partition coefficient (Wildman–Crippen LogP) is 1.96. The zero-order chi connectivity index (χ0) is 16.8. The molecule has 0 atom stereocenters. The van der Waals surface area contributed by atoms with E-state index in [1.807, 2.05) is 0 Å². The Balaban J connectivity index is 2.01. The van der Waals surface area contributed by atoms with Gasteiger partial charge in [-0.2, -0.15) is 10.0 Å². The molecular weight excluding hydrogens is 360 g/mol. The number of hydrogen-bond donors (Lipinski definition) is 1. The van der Waals surface area contributed by atoms with E-state index in [1.54, 1.807) is 24.3 Å². The first-order valence-corrected chi connectivity index (χ1v) is 9.30. The minimum atomic E-state index is -3.53. The number of carbonyl (C=O) groups excluding carboxylic acids is 1. The molecule has 0 spiro atoms. The van der Waals surface area contributed by atoms with E-state index in [9.17, 15) is 13.2 Å². The van der Waals surface area contributed by atoms with Crippen molar-refractivity contribution in [3.05, 3.63) is 40.4 Å². The summed E-state index contributed by atoms with van der Waals surface area (Å²) in [5, 5.41) is 13.6. The van der Waals surface area contributed by atoms with Gasteiger partial charge in [0, 0.05) is 11.3 Å². The van der Waals surface area contributed by atoms with Gasteiger partial charge < -0.3 is 0 Å². The average molecular weight is 369 g/mol. The van der Waals surface area contributed by atoms with E-state index in [0.717, 1.165) is 23.0 Å². The van der Waals surface area contributed by atoms with Crippen molar-refractivity contribution in [3.8, 4) is 0 Å². The molecule has 1 N–H and O–H groups in total. The highest BCUT2D eigenvalue weighted by Gasteiger charge is 2.38. The lowest BCUT2D eigenvalue weighted by atomic mass is 10.1. The molecule has 2 aliphatic heterocycles. The molecule has 118 valence electrons. The molecule has 0 aromatic heterocycles. The SMILES string of the molecule is CS(=O)(=O)C1=NN2C(=N)/C(=C/c3ccc(Cl)cc3)C(=O)N=C2S1. The zero-order valence-electron chi connectivity index (χ0n) is 11.6. The Morgan fingerprint density at radius 1 is 1.30 bits per heavy atom. The Kier molecular flexibility index (Phi) is 3.86. The third kappa shape index (κ3) is 3.07. The smallest absolute Gasteiger partial charge is 0.282 e. The second-order valence-electron chi connectivity index (χ2n) is 4.71. The van der Waals surface area contributed by atoms with Gasteiger partial charge in [-0.1, -0.05) is 23.7 Å². The van der Waals surface area contributed by atoms with Crippen LogP contribution in [-0.2, 0) is 14.6 Å². The number of nitrogens with one attached hydrogen (secondary N) is 1. The third-order valence-corrected chi connectivity index (χ3v) is 5.76. The van der Waals surface area contributed by atoms with E-state index in [0.29, 0.717) is 10.6 Å². The number of nitrogens with zero attached hydrogens (tertiary/aromatic N) is 3. The largest absolute Gasteiger partial charge is 0.283 e. The van der Waals surface area contributed by atoms with E-state index < -0.39 is 15.7 Å². The van der Waals surface area contributed by atoms with Crippen LogP contribution in [0, 0.1) is 5.41 Å². The Morgan fingerprint density at radius 2 is 1.96 bits per heavy atom. The standard InChI is InChI=1S/C13H9ClN4O3S2/c1-23(20,21)13-17-18-10(15)9(11(19)16-12(18)22-13)6-7-2-4-8(14)5-3-7/h2-6,15H,1H3/b9-6-,15-10?. The maximum atomic E-state index is 12.1. The third-order valence-electron chi connectivity index (χ3n) is 2.93. The number of amides is 1. The predicted molar refractivity (Wildman–Crippen MR) is 91.3 cm³/mol. The molecule has 1 aromatic rings. The first kappa shape index (κ1) is 15.9. The number of hydrazone groups is 1. The van der Waals surface area contributed by atoms with Crippen LogP contribution in [0.2, 0.25) is 5.02 Å². The summed E-state index contributed by atoms with van der Waals surface area (Å²) in [5.74, 6) is -0.838. The van der Waals surface area contributed by atoms with Gasteiger partial charge >= 0.3 is 0 Å². The zero-order valence-corrected chi connectivity index (χ0v) is 14.0. The monoisotopic (exact) mass is 368 g/mol. The Labute approximate surface area is 141 Å². The fraction of sp³-hybridized carbons (Fsp3) is 0.0769. The van der Waals surface area contributed by atoms with E-state index in [4.69, 9.17) is 17.0 Å². The summed E-state index contributed by atoms with van der Waals surface area (Å²) >= 11 is 6.56. The van der Waals surface area contributed by atoms with Crippen LogP contribution in [0.5, 0.6) is 0 Å². The van der Waals surface area contributed by atoms with E-state index >= 15 is 0 Å². The second-order valence-corrected chi connectivity index (χ2v) is 8.29. The number of aliphatic imine (C=N–C) groups is 1. The molecule has 2 aliphatic rings. The maximum absolute atomic E-state index is 12.1. The molecule has 0 radical (unpaired) electrons. The average Bonchev–Trinajstić information content (AvgIpc) is 2.89. The highest BCUT2D eigenvalue weighted by molar-refractivity contribution is 8.42. The molecule has 10 heteroatoms. The van der Waals surface area contributed by atoms with Crippen LogP contribution >= 0.6 is 23.4 Å². The van der Waals surface area contributed by atoms with Crippen LogP contribution < -0.4 is 0 Å². The van der Waals surface area contributed by atoms with Crippen molar-refractivity contribution >= 4 is 60.6 Å². The minimum Gasteiger partial charge on any atom is -0.282 e. The van der Waals surface area contributed by atoms with Crippen LogP contribution in [0.4, 0.5) is 0 Å². The van der Waals surface area contributed by atoms with Gasteiger partial charge in [-0.3, -0.25) is 10.2 Å². The van der Waals surface area contributed by atoms with Gasteiger partial charge in [0.25, 0.3) is 5.91 Å². The van der Waals surface area contributed by atoms with Gasteiger partial charge in [-0.05, 0) is 35.5 Å². The summed E-state index contributed by atoms with van der Waals surface area (Å²) in [6, 6.07) is 6.70. The Morgan fingerprint density at radius 3 is 2.57 bits per heavy atom. The van der Waals surface area contributed by atoms with Crippen LogP contribution in [-0.4, -0.2) is 41.0 Å². The number of rotatable bonds is 1. The summed E-state index contributed by atoms with van der Waals surface area (Å²) in [4.78, 5) is 15.9. The maximum Gasteiger partial charge on any atom is 0.283 e. The summed E-state index contributed by atoms with van der Waals surface area (Å²) in [5.41, 5.74) is 0.690. The van der Waals surface area contributed by atoms with Crippen molar-refractivity contribution in [2.24, 2.45) is 10.1 Å². The fourth-order valence-electron chi connectivity index (χ4n) is 1.85. The van der Waals surface area contributed by atoms with Crippen LogP contribution in [0.3, 0.4) is 0 Å². The number of thioether (sulfide) groups is 1. The van der Waals surface area contributed by atoms with Crippen molar-refractivity contribution in [2.45, 2.75) is 0 Å². The van der Waals surface area contributed by atoms with Gasteiger partial charge in [0.1, 0.15) is 0 Å². The highest BCUT2D eigenvalue weighted by Crippen LogP contribution is 2.29. The lowest BCUT2D eigenvalue weighted by Crippen LogP contribution is -2.35. The molecule has 0 saturated carbocycles. The van der Waals surface area contributed by atoms with Crippen molar-refractivity contribution < 1.29 is 13.2 Å². The van der Waals surface area contributed by atoms with Crippen LogP contribution in [0.15, 0.2) is 39.9 Å². The molecule has 23 heavy (non-hydrogen) atoms. The van der Waals surface area contributed by atoms with Gasteiger partial charge in [-0.25, -0.2) is 8.42 Å². The Bertz CT molecular complexity index is 917. The lowest BCUT2D eigenvalue weighted by molar-refractivity contribution is -0.114. The van der Waals surface area contributed by atoms with E-state index in [-0.39, 0.29) is 21.0 Å². The highest BCUT2D eigenvalue weighted by atomic mass is 35.5. The Hall–Kier alpha value is -1.97. The van der Waals surface area contributed by atoms with E-state index in [2.05, 4.69) is 10.1 Å². The van der Waals surface area contributed by atoms with Crippen molar-refractivity contribution in [2.75, 3.05) is 6.26 Å². The number of hydrogen-bond acceptors (Lipinski definition) is 6. The molecule has 0 saturated heterocycles. The molecule has 2 heterocycles. The van der Waals surface area contributed by atoms with Crippen molar-refractivity contribution in [1.29, 1.82) is 5.41 Å². The normalized spacial score (nSPS) is 19.7. The molecule has 0 aliphatic carbocycles. The number of fused-ring (bicyclic) bond motifs is 1.